The van der Waals surface area contributed by atoms with Gasteiger partial charge in [0.25, 0.3) is 5.91 Å². The van der Waals surface area contributed by atoms with Gasteiger partial charge in [-0.1, -0.05) is 23.8 Å². The number of hydrogen-bond donors (Lipinski definition) is 1. The Morgan fingerprint density at radius 1 is 1.28 bits per heavy atom. The smallest absolute Gasteiger partial charge is 0.251 e. The number of nitrogens with zero attached hydrogens (tertiary/aromatic N) is 1. The van der Waals surface area contributed by atoms with Gasteiger partial charge in [-0.15, -0.1) is 0 Å². The molecule has 18 heavy (non-hydrogen) atoms. The SMILES string of the molecule is Cc1ccc(C)c(C(=O)NCc2cccnc2)c1. The molecule has 1 amide bonds. The van der Waals surface area contributed by atoms with Crippen molar-refractivity contribution in [1.29, 1.82) is 0 Å². The van der Waals surface area contributed by atoms with E-state index in [-0.39, 0.29) is 5.91 Å². The highest BCUT2D eigenvalue weighted by Crippen LogP contribution is 2.10. The van der Waals surface area contributed by atoms with Gasteiger partial charge in [-0.05, 0) is 37.1 Å². The van der Waals surface area contributed by atoms with E-state index in [9.17, 15) is 4.79 Å². The first-order chi connectivity index (χ1) is 8.66. The van der Waals surface area contributed by atoms with Crippen LogP contribution >= 0.6 is 0 Å². The molecule has 1 aromatic carbocycles. The maximum atomic E-state index is 12.1. The molecule has 0 aliphatic carbocycles. The lowest BCUT2D eigenvalue weighted by Gasteiger charge is -2.08. The average molecular weight is 240 g/mol. The van der Waals surface area contributed by atoms with Gasteiger partial charge in [0.2, 0.25) is 0 Å². The van der Waals surface area contributed by atoms with E-state index >= 15 is 0 Å². The highest BCUT2D eigenvalue weighted by atomic mass is 16.1. The Morgan fingerprint density at radius 2 is 2.11 bits per heavy atom. The molecule has 0 fully saturated rings. The second kappa shape index (κ2) is 5.45. The Morgan fingerprint density at radius 3 is 2.83 bits per heavy atom. The molecule has 1 aromatic heterocycles. The van der Waals surface area contributed by atoms with Crippen molar-refractivity contribution >= 4 is 5.91 Å². The number of carbonyl (C=O) groups excluding carboxylic acids is 1. The van der Waals surface area contributed by atoms with Crippen molar-refractivity contribution in [2.24, 2.45) is 0 Å². The zero-order chi connectivity index (χ0) is 13.0. The van der Waals surface area contributed by atoms with Crippen LogP contribution < -0.4 is 5.32 Å². The third kappa shape index (κ3) is 2.94. The van der Waals surface area contributed by atoms with E-state index in [4.69, 9.17) is 0 Å². The van der Waals surface area contributed by atoms with Crippen molar-refractivity contribution in [3.63, 3.8) is 0 Å². The summed E-state index contributed by atoms with van der Waals surface area (Å²) in [4.78, 5) is 16.1. The summed E-state index contributed by atoms with van der Waals surface area (Å²) in [6.07, 6.45) is 3.47. The molecule has 0 bridgehead atoms. The monoisotopic (exact) mass is 240 g/mol. The first-order valence-corrected chi connectivity index (χ1v) is 5.91. The zero-order valence-electron chi connectivity index (χ0n) is 10.6. The number of hydrogen-bond acceptors (Lipinski definition) is 2. The van der Waals surface area contributed by atoms with Crippen molar-refractivity contribution in [2.45, 2.75) is 20.4 Å². The lowest BCUT2D eigenvalue weighted by Crippen LogP contribution is -2.23. The number of aromatic nitrogens is 1. The Labute approximate surface area is 107 Å². The number of amides is 1. The molecule has 0 atom stereocenters. The van der Waals surface area contributed by atoms with Crippen molar-refractivity contribution in [1.82, 2.24) is 10.3 Å². The van der Waals surface area contributed by atoms with Crippen LogP contribution in [0.1, 0.15) is 27.0 Å². The van der Waals surface area contributed by atoms with E-state index in [1.165, 1.54) is 0 Å². The summed E-state index contributed by atoms with van der Waals surface area (Å²) in [7, 11) is 0. The summed E-state index contributed by atoms with van der Waals surface area (Å²) in [5, 5.41) is 2.90. The Balaban J connectivity index is 2.06. The Hall–Kier alpha value is -2.16. The molecule has 3 heteroatoms. The fourth-order valence-electron chi connectivity index (χ4n) is 1.76. The molecule has 0 unspecified atom stereocenters. The van der Waals surface area contributed by atoms with Crippen LogP contribution in [0.15, 0.2) is 42.7 Å². The van der Waals surface area contributed by atoms with Gasteiger partial charge in [0, 0.05) is 24.5 Å². The molecule has 1 heterocycles. The molecule has 0 saturated carbocycles. The number of carbonyl (C=O) groups is 1. The number of aryl methyl sites for hydroxylation is 2. The molecular formula is C15H16N2O. The predicted octanol–water partition coefficient (Wildman–Crippen LogP) is 2.63. The molecule has 0 aliphatic heterocycles. The van der Waals surface area contributed by atoms with Crippen molar-refractivity contribution in [2.75, 3.05) is 0 Å². The van der Waals surface area contributed by atoms with Crippen LogP contribution in [0.5, 0.6) is 0 Å². The maximum Gasteiger partial charge on any atom is 0.251 e. The first kappa shape index (κ1) is 12.3. The Bertz CT molecular complexity index is 550. The molecule has 0 saturated heterocycles. The largest absolute Gasteiger partial charge is 0.348 e. The summed E-state index contributed by atoms with van der Waals surface area (Å²) < 4.78 is 0. The van der Waals surface area contributed by atoms with Crippen LogP contribution in [0.2, 0.25) is 0 Å². The molecular weight excluding hydrogens is 224 g/mol. The molecule has 2 aromatic rings. The van der Waals surface area contributed by atoms with Gasteiger partial charge in [0.15, 0.2) is 0 Å². The highest BCUT2D eigenvalue weighted by Gasteiger charge is 2.08. The lowest BCUT2D eigenvalue weighted by atomic mass is 10.1. The first-order valence-electron chi connectivity index (χ1n) is 5.91. The van der Waals surface area contributed by atoms with Gasteiger partial charge < -0.3 is 5.32 Å². The highest BCUT2D eigenvalue weighted by molar-refractivity contribution is 5.95. The van der Waals surface area contributed by atoms with E-state index in [1.54, 1.807) is 12.4 Å². The zero-order valence-corrected chi connectivity index (χ0v) is 10.6. The third-order valence-electron chi connectivity index (χ3n) is 2.81. The quantitative estimate of drug-likeness (QED) is 0.896. The fraction of sp³-hybridized carbons (Fsp3) is 0.200. The number of pyridine rings is 1. The number of rotatable bonds is 3. The van der Waals surface area contributed by atoms with Crippen LogP contribution in [-0.2, 0) is 6.54 Å². The van der Waals surface area contributed by atoms with Crippen molar-refractivity contribution in [3.05, 3.63) is 65.0 Å². The van der Waals surface area contributed by atoms with E-state index in [1.807, 2.05) is 44.2 Å². The summed E-state index contributed by atoms with van der Waals surface area (Å²) >= 11 is 0. The summed E-state index contributed by atoms with van der Waals surface area (Å²) in [6.45, 7) is 4.43. The topological polar surface area (TPSA) is 42.0 Å². The minimum absolute atomic E-state index is 0.0416. The van der Waals surface area contributed by atoms with Crippen LogP contribution in [-0.4, -0.2) is 10.9 Å². The third-order valence-corrected chi connectivity index (χ3v) is 2.81. The summed E-state index contributed by atoms with van der Waals surface area (Å²) in [5.41, 5.74) is 3.81. The van der Waals surface area contributed by atoms with Crippen molar-refractivity contribution < 1.29 is 4.79 Å². The van der Waals surface area contributed by atoms with Crippen LogP contribution in [0.3, 0.4) is 0 Å². The van der Waals surface area contributed by atoms with Gasteiger partial charge in [-0.2, -0.15) is 0 Å². The van der Waals surface area contributed by atoms with E-state index in [2.05, 4.69) is 10.3 Å². The lowest BCUT2D eigenvalue weighted by molar-refractivity contribution is 0.0950. The molecule has 2 rings (SSSR count). The second-order valence-corrected chi connectivity index (χ2v) is 4.36. The fourth-order valence-corrected chi connectivity index (χ4v) is 1.76. The summed E-state index contributed by atoms with van der Waals surface area (Å²) in [5.74, 6) is -0.0416. The van der Waals surface area contributed by atoms with Gasteiger partial charge in [0.05, 0.1) is 0 Å². The molecule has 3 nitrogen and oxygen atoms in total. The van der Waals surface area contributed by atoms with Crippen LogP contribution in [0.4, 0.5) is 0 Å². The minimum atomic E-state index is -0.0416. The number of benzene rings is 1. The maximum absolute atomic E-state index is 12.1. The van der Waals surface area contributed by atoms with Gasteiger partial charge in [0.1, 0.15) is 0 Å². The number of nitrogens with one attached hydrogen (secondary N) is 1. The second-order valence-electron chi connectivity index (χ2n) is 4.36. The molecule has 0 aliphatic rings. The van der Waals surface area contributed by atoms with Crippen molar-refractivity contribution in [3.8, 4) is 0 Å². The molecule has 0 spiro atoms. The van der Waals surface area contributed by atoms with Crippen LogP contribution in [0, 0.1) is 13.8 Å². The van der Waals surface area contributed by atoms with Crippen LogP contribution in [0.25, 0.3) is 0 Å². The van der Waals surface area contributed by atoms with Gasteiger partial charge in [-0.25, -0.2) is 0 Å². The predicted molar refractivity (Wildman–Crippen MR) is 71.3 cm³/mol. The van der Waals surface area contributed by atoms with E-state index < -0.39 is 0 Å². The van der Waals surface area contributed by atoms with E-state index in [0.29, 0.717) is 6.54 Å². The minimum Gasteiger partial charge on any atom is -0.348 e. The van der Waals surface area contributed by atoms with Gasteiger partial charge in [-0.3, -0.25) is 9.78 Å². The molecule has 0 radical (unpaired) electrons. The summed E-state index contributed by atoms with van der Waals surface area (Å²) in [6, 6.07) is 9.69. The van der Waals surface area contributed by atoms with Gasteiger partial charge >= 0.3 is 0 Å². The van der Waals surface area contributed by atoms with E-state index in [0.717, 1.165) is 22.3 Å². The normalized spacial score (nSPS) is 10.1. The molecule has 92 valence electrons. The standard InChI is InChI=1S/C15H16N2O/c1-11-5-6-12(2)14(8-11)15(18)17-10-13-4-3-7-16-9-13/h3-9H,10H2,1-2H3,(H,17,18). The molecule has 1 N–H and O–H groups in total. The average Bonchev–Trinajstić information content (AvgIpc) is 2.40. The Kier molecular flexibility index (Phi) is 3.72.